The molecule has 1 aliphatic carbocycles. The number of carbonyl (C=O) groups excluding carboxylic acids is 2. The molecule has 1 fully saturated rings. The zero-order valence-electron chi connectivity index (χ0n) is 13.7. The molecule has 1 heterocycles. The van der Waals surface area contributed by atoms with Gasteiger partial charge in [-0.2, -0.15) is 0 Å². The number of nitrogens with zero attached hydrogens (tertiary/aromatic N) is 2. The minimum atomic E-state index is -0.291. The number of nitrogens with one attached hydrogen (secondary N) is 2. The molecule has 1 aliphatic rings. The third-order valence-electron chi connectivity index (χ3n) is 3.82. The molecule has 24 heavy (non-hydrogen) atoms. The summed E-state index contributed by atoms with van der Waals surface area (Å²) in [6.07, 6.45) is 4.96. The molecular formula is C18H20N4O2. The number of rotatable bonds is 5. The van der Waals surface area contributed by atoms with Crippen LogP contribution in [0.15, 0.2) is 42.7 Å². The molecule has 1 aromatic carbocycles. The molecule has 0 unspecified atom stereocenters. The number of pyridine rings is 1. The lowest BCUT2D eigenvalue weighted by atomic mass is 10.1. The van der Waals surface area contributed by atoms with Crippen molar-refractivity contribution in [3.05, 3.63) is 53.9 Å². The summed E-state index contributed by atoms with van der Waals surface area (Å²) in [5.41, 5.74) is 2.50. The van der Waals surface area contributed by atoms with Gasteiger partial charge in [0.2, 0.25) is 0 Å². The first-order chi connectivity index (χ1) is 11.5. The summed E-state index contributed by atoms with van der Waals surface area (Å²) in [7, 11) is 3.91. The average Bonchev–Trinajstić information content (AvgIpc) is 3.39. The minimum absolute atomic E-state index is 0.185. The zero-order chi connectivity index (χ0) is 17.1. The first-order valence-corrected chi connectivity index (χ1v) is 7.87. The zero-order valence-corrected chi connectivity index (χ0v) is 13.7. The van der Waals surface area contributed by atoms with Crippen LogP contribution in [0.2, 0.25) is 0 Å². The van der Waals surface area contributed by atoms with E-state index in [1.807, 2.05) is 43.3 Å². The second-order valence-corrected chi connectivity index (χ2v) is 6.11. The van der Waals surface area contributed by atoms with Crippen LogP contribution in [0.5, 0.6) is 0 Å². The smallest absolute Gasteiger partial charge is 0.257 e. The normalized spacial score (nSPS) is 13.2. The van der Waals surface area contributed by atoms with Gasteiger partial charge in [0.15, 0.2) is 0 Å². The van der Waals surface area contributed by atoms with Gasteiger partial charge in [-0.3, -0.25) is 14.6 Å². The van der Waals surface area contributed by atoms with Crippen molar-refractivity contribution in [3.8, 4) is 0 Å². The Bertz CT molecular complexity index is 752. The highest BCUT2D eigenvalue weighted by Crippen LogP contribution is 2.20. The van der Waals surface area contributed by atoms with Crippen molar-refractivity contribution in [1.29, 1.82) is 0 Å². The maximum atomic E-state index is 12.3. The van der Waals surface area contributed by atoms with Crippen molar-refractivity contribution in [1.82, 2.24) is 10.3 Å². The van der Waals surface area contributed by atoms with E-state index in [0.717, 1.165) is 18.5 Å². The molecule has 0 aliphatic heterocycles. The van der Waals surface area contributed by atoms with E-state index in [1.165, 1.54) is 12.4 Å². The van der Waals surface area contributed by atoms with E-state index in [0.29, 0.717) is 16.8 Å². The Morgan fingerprint density at radius 1 is 1.04 bits per heavy atom. The maximum Gasteiger partial charge on any atom is 0.257 e. The molecule has 124 valence electrons. The van der Waals surface area contributed by atoms with Crippen molar-refractivity contribution in [2.75, 3.05) is 24.3 Å². The standard InChI is InChI=1S/C18H20N4O2/c1-22(2)16-7-5-15(6-8-16)21-18(24)13-9-12(10-19-11-13)17(23)20-14-3-4-14/h5-11,14H,3-4H2,1-2H3,(H,20,23)(H,21,24). The van der Waals surface area contributed by atoms with E-state index in [-0.39, 0.29) is 17.9 Å². The fraction of sp³-hybridized carbons (Fsp3) is 0.278. The molecule has 2 amide bonds. The number of aromatic nitrogens is 1. The molecule has 1 aromatic heterocycles. The van der Waals surface area contributed by atoms with Gasteiger partial charge in [-0.05, 0) is 43.2 Å². The van der Waals surface area contributed by atoms with Crippen LogP contribution in [-0.4, -0.2) is 36.9 Å². The lowest BCUT2D eigenvalue weighted by molar-refractivity contribution is 0.0950. The number of benzene rings is 1. The van der Waals surface area contributed by atoms with Gasteiger partial charge < -0.3 is 15.5 Å². The van der Waals surface area contributed by atoms with Crippen LogP contribution in [0.3, 0.4) is 0 Å². The lowest BCUT2D eigenvalue weighted by Gasteiger charge is -2.13. The fourth-order valence-electron chi connectivity index (χ4n) is 2.23. The highest BCUT2D eigenvalue weighted by atomic mass is 16.2. The predicted octanol–water partition coefficient (Wildman–Crippen LogP) is 2.29. The Hall–Kier alpha value is -2.89. The summed E-state index contributed by atoms with van der Waals surface area (Å²) in [6.45, 7) is 0. The molecule has 0 bridgehead atoms. The van der Waals surface area contributed by atoms with E-state index < -0.39 is 0 Å². The predicted molar refractivity (Wildman–Crippen MR) is 93.4 cm³/mol. The molecule has 0 atom stereocenters. The van der Waals surface area contributed by atoms with Crippen LogP contribution in [-0.2, 0) is 0 Å². The quantitative estimate of drug-likeness (QED) is 0.885. The van der Waals surface area contributed by atoms with Gasteiger partial charge in [-0.25, -0.2) is 0 Å². The summed E-state index contributed by atoms with van der Waals surface area (Å²) in [5, 5.41) is 5.70. The Labute approximate surface area is 140 Å². The molecule has 0 saturated heterocycles. The molecule has 3 rings (SSSR count). The van der Waals surface area contributed by atoms with Crippen molar-refractivity contribution < 1.29 is 9.59 Å². The van der Waals surface area contributed by atoms with Gasteiger partial charge in [0, 0.05) is 43.9 Å². The van der Waals surface area contributed by atoms with Gasteiger partial charge in [0.1, 0.15) is 0 Å². The summed E-state index contributed by atoms with van der Waals surface area (Å²) in [4.78, 5) is 30.4. The summed E-state index contributed by atoms with van der Waals surface area (Å²) < 4.78 is 0. The third-order valence-corrected chi connectivity index (χ3v) is 3.82. The van der Waals surface area contributed by atoms with Crippen LogP contribution in [0.1, 0.15) is 33.6 Å². The Kier molecular flexibility index (Phi) is 4.46. The molecule has 0 radical (unpaired) electrons. The summed E-state index contributed by atoms with van der Waals surface area (Å²) in [6, 6.07) is 9.36. The van der Waals surface area contributed by atoms with Crippen molar-refractivity contribution in [2.24, 2.45) is 0 Å². The summed E-state index contributed by atoms with van der Waals surface area (Å²) in [5.74, 6) is -0.476. The largest absolute Gasteiger partial charge is 0.378 e. The van der Waals surface area contributed by atoms with E-state index in [1.54, 1.807) is 6.07 Å². The van der Waals surface area contributed by atoms with Gasteiger partial charge in [0.05, 0.1) is 11.1 Å². The topological polar surface area (TPSA) is 74.3 Å². The van der Waals surface area contributed by atoms with Crippen molar-refractivity contribution in [2.45, 2.75) is 18.9 Å². The molecule has 6 heteroatoms. The van der Waals surface area contributed by atoms with Gasteiger partial charge in [0.25, 0.3) is 11.8 Å². The number of hydrogen-bond donors (Lipinski definition) is 2. The molecule has 2 aromatic rings. The van der Waals surface area contributed by atoms with Crippen LogP contribution in [0.25, 0.3) is 0 Å². The van der Waals surface area contributed by atoms with Crippen LogP contribution in [0, 0.1) is 0 Å². The van der Waals surface area contributed by atoms with E-state index >= 15 is 0 Å². The SMILES string of the molecule is CN(C)c1ccc(NC(=O)c2cncc(C(=O)NC3CC3)c2)cc1. The molecule has 0 spiro atoms. The van der Waals surface area contributed by atoms with E-state index in [9.17, 15) is 9.59 Å². The van der Waals surface area contributed by atoms with E-state index in [2.05, 4.69) is 15.6 Å². The third kappa shape index (κ3) is 3.90. The Balaban J connectivity index is 1.69. The first kappa shape index (κ1) is 16.0. The monoisotopic (exact) mass is 324 g/mol. The molecule has 1 saturated carbocycles. The second-order valence-electron chi connectivity index (χ2n) is 6.11. The first-order valence-electron chi connectivity index (χ1n) is 7.87. The minimum Gasteiger partial charge on any atom is -0.378 e. The second kappa shape index (κ2) is 6.70. The Morgan fingerprint density at radius 3 is 2.25 bits per heavy atom. The lowest BCUT2D eigenvalue weighted by Crippen LogP contribution is -2.26. The summed E-state index contributed by atoms with van der Waals surface area (Å²) >= 11 is 0. The van der Waals surface area contributed by atoms with Crippen molar-refractivity contribution >= 4 is 23.2 Å². The maximum absolute atomic E-state index is 12.3. The highest BCUT2D eigenvalue weighted by molar-refractivity contribution is 6.05. The van der Waals surface area contributed by atoms with Gasteiger partial charge in [-0.15, -0.1) is 0 Å². The molecule has 6 nitrogen and oxygen atoms in total. The number of amides is 2. The molecule has 2 N–H and O–H groups in total. The van der Waals surface area contributed by atoms with Crippen LogP contribution in [0.4, 0.5) is 11.4 Å². The average molecular weight is 324 g/mol. The Morgan fingerprint density at radius 2 is 1.67 bits per heavy atom. The number of hydrogen-bond acceptors (Lipinski definition) is 4. The van der Waals surface area contributed by atoms with Crippen LogP contribution < -0.4 is 15.5 Å². The molecular weight excluding hydrogens is 304 g/mol. The highest BCUT2D eigenvalue weighted by Gasteiger charge is 2.24. The van der Waals surface area contributed by atoms with Crippen LogP contribution >= 0.6 is 0 Å². The van der Waals surface area contributed by atoms with Gasteiger partial charge >= 0.3 is 0 Å². The van der Waals surface area contributed by atoms with Gasteiger partial charge in [-0.1, -0.05) is 0 Å². The van der Waals surface area contributed by atoms with E-state index in [4.69, 9.17) is 0 Å². The van der Waals surface area contributed by atoms with Crippen molar-refractivity contribution in [3.63, 3.8) is 0 Å². The number of carbonyl (C=O) groups is 2. The fourth-order valence-corrected chi connectivity index (χ4v) is 2.23. The number of anilines is 2.